The Labute approximate surface area is 261 Å². The number of hydrogen-bond donors (Lipinski definition) is 1. The van der Waals surface area contributed by atoms with E-state index in [1.165, 1.54) is 21.3 Å². The summed E-state index contributed by atoms with van der Waals surface area (Å²) < 4.78 is 16.7. The van der Waals surface area contributed by atoms with Crippen molar-refractivity contribution >= 4 is 34.4 Å². The molecule has 0 aromatic heterocycles. The highest BCUT2D eigenvalue weighted by Gasteiger charge is 2.70. The highest BCUT2D eigenvalue weighted by Crippen LogP contribution is 2.59. The van der Waals surface area contributed by atoms with Crippen LogP contribution in [0, 0.1) is 5.92 Å². The number of nitrogens with zero attached hydrogens (tertiary/aromatic N) is 1. The second-order valence-electron chi connectivity index (χ2n) is 11.5. The van der Waals surface area contributed by atoms with Crippen molar-refractivity contribution < 1.29 is 28.6 Å². The normalized spacial score (nSPS) is 22.6. The monoisotopic (exact) mass is 600 g/mol. The smallest absolute Gasteiger partial charge is 0.238 e. The maximum Gasteiger partial charge on any atom is 0.238 e. The fourth-order valence-electron chi connectivity index (χ4n) is 7.56. The first-order valence-corrected chi connectivity index (χ1v) is 14.8. The van der Waals surface area contributed by atoms with Crippen molar-refractivity contribution in [1.29, 1.82) is 0 Å². The molecule has 4 aromatic carbocycles. The molecule has 1 fully saturated rings. The number of hydrogen-bond acceptors (Lipinski definition) is 7. The van der Waals surface area contributed by atoms with E-state index in [1.807, 2.05) is 72.5 Å². The van der Waals surface area contributed by atoms with Gasteiger partial charge in [0.15, 0.2) is 23.1 Å². The third-order valence-corrected chi connectivity index (χ3v) is 9.44. The highest BCUT2D eigenvalue weighted by atomic mass is 16.5. The summed E-state index contributed by atoms with van der Waals surface area (Å²) in [5.74, 6) is -1.14. The van der Waals surface area contributed by atoms with Crippen LogP contribution < -0.4 is 24.4 Å². The first kappa shape index (κ1) is 28.4. The summed E-state index contributed by atoms with van der Waals surface area (Å²) >= 11 is 0. The number of rotatable bonds is 7. The van der Waals surface area contributed by atoms with Crippen molar-refractivity contribution in [3.8, 4) is 17.2 Å². The summed E-state index contributed by atoms with van der Waals surface area (Å²) in [6.45, 7) is 2.00. The van der Waals surface area contributed by atoms with Crippen molar-refractivity contribution in [1.82, 2.24) is 0 Å². The zero-order valence-corrected chi connectivity index (χ0v) is 25.4. The van der Waals surface area contributed by atoms with E-state index in [-0.39, 0.29) is 23.0 Å². The second kappa shape index (κ2) is 10.7. The molecule has 0 aliphatic carbocycles. The maximum absolute atomic E-state index is 15.3. The van der Waals surface area contributed by atoms with Gasteiger partial charge in [-0.05, 0) is 42.3 Å². The minimum Gasteiger partial charge on any atom is -0.493 e. The summed E-state index contributed by atoms with van der Waals surface area (Å²) in [5.41, 5.74) is 3.29. The van der Waals surface area contributed by atoms with E-state index >= 15 is 4.79 Å². The van der Waals surface area contributed by atoms with E-state index < -0.39 is 23.4 Å². The van der Waals surface area contributed by atoms with Crippen LogP contribution in [-0.2, 0) is 10.2 Å². The van der Waals surface area contributed by atoms with E-state index in [2.05, 4.69) is 5.32 Å². The molecule has 0 saturated carbocycles. The van der Waals surface area contributed by atoms with Gasteiger partial charge in [0.2, 0.25) is 11.7 Å². The van der Waals surface area contributed by atoms with Gasteiger partial charge in [0, 0.05) is 28.1 Å². The lowest BCUT2D eigenvalue weighted by molar-refractivity contribution is -0.121. The van der Waals surface area contributed by atoms with Crippen molar-refractivity contribution in [2.24, 2.45) is 5.92 Å². The maximum atomic E-state index is 15.3. The number of allylic oxidation sites excluding steroid dienone is 1. The number of ketones is 2. The number of ether oxygens (including phenoxy) is 3. The lowest BCUT2D eigenvalue weighted by Crippen LogP contribution is -2.51. The number of Topliss-reactive ketones (excluding diaryl/α,β-unsaturated/α-hetero) is 2. The number of carbonyl (C=O) groups is 3. The summed E-state index contributed by atoms with van der Waals surface area (Å²) in [6.07, 6.45) is 2.04. The van der Waals surface area contributed by atoms with Gasteiger partial charge in [0.25, 0.3) is 0 Å². The predicted molar refractivity (Wildman–Crippen MR) is 172 cm³/mol. The Morgan fingerprint density at radius 3 is 2.11 bits per heavy atom. The number of para-hydroxylation sites is 2. The highest BCUT2D eigenvalue weighted by molar-refractivity contribution is 6.18. The molecular formula is C37H32N2O6. The Kier molecular flexibility index (Phi) is 6.73. The number of nitrogens with one attached hydrogen (secondary N) is 1. The van der Waals surface area contributed by atoms with Gasteiger partial charge < -0.3 is 24.4 Å². The van der Waals surface area contributed by atoms with E-state index in [9.17, 15) is 9.59 Å². The van der Waals surface area contributed by atoms with Crippen LogP contribution in [0.3, 0.4) is 0 Å². The molecule has 1 spiro atoms. The van der Waals surface area contributed by atoms with Crippen LogP contribution in [0.5, 0.6) is 17.2 Å². The molecule has 45 heavy (non-hydrogen) atoms. The fourth-order valence-corrected chi connectivity index (χ4v) is 7.56. The van der Waals surface area contributed by atoms with Gasteiger partial charge >= 0.3 is 0 Å². The van der Waals surface area contributed by atoms with Crippen LogP contribution >= 0.6 is 0 Å². The molecule has 8 heteroatoms. The molecule has 3 heterocycles. The van der Waals surface area contributed by atoms with Gasteiger partial charge in [-0.2, -0.15) is 0 Å². The van der Waals surface area contributed by atoms with E-state index in [1.54, 1.807) is 36.4 Å². The van der Waals surface area contributed by atoms with Crippen LogP contribution in [0.2, 0.25) is 0 Å². The topological polar surface area (TPSA) is 94.2 Å². The molecule has 4 atom stereocenters. The summed E-state index contributed by atoms with van der Waals surface area (Å²) in [6, 6.07) is 25.8. The third kappa shape index (κ3) is 3.94. The fraction of sp³-hybridized carbons (Fsp3) is 0.216. The van der Waals surface area contributed by atoms with Crippen molar-refractivity contribution in [3.05, 3.63) is 119 Å². The summed E-state index contributed by atoms with van der Waals surface area (Å²) in [5, 5.41) is 3.07. The SMILES string of the molecule is COc1cc(C(=O)[C@@H]2[C@@H](C(=O)c3ccccc3)N3c4ccccc4C(C)=C[C@@H]3[C@@]23C(=O)Nc2ccccc23)cc(OC)c1OC. The van der Waals surface area contributed by atoms with Gasteiger partial charge in [-0.3, -0.25) is 14.4 Å². The van der Waals surface area contributed by atoms with Gasteiger partial charge in [-0.15, -0.1) is 0 Å². The molecule has 4 aromatic rings. The Balaban J connectivity index is 1.55. The molecule has 226 valence electrons. The minimum atomic E-state index is -1.43. The van der Waals surface area contributed by atoms with Gasteiger partial charge in [0.05, 0.1) is 33.3 Å². The molecule has 7 rings (SSSR count). The molecule has 0 unspecified atom stereocenters. The number of fused-ring (bicyclic) bond motifs is 6. The Hall–Kier alpha value is -5.37. The molecule has 1 saturated heterocycles. The average Bonchev–Trinajstić information content (AvgIpc) is 3.55. The number of amides is 1. The first-order valence-electron chi connectivity index (χ1n) is 14.8. The molecule has 3 aliphatic rings. The van der Waals surface area contributed by atoms with Crippen molar-refractivity contribution in [2.75, 3.05) is 31.5 Å². The summed E-state index contributed by atoms with van der Waals surface area (Å²) in [4.78, 5) is 46.7. The van der Waals surface area contributed by atoms with Gasteiger partial charge in [-0.1, -0.05) is 72.8 Å². The van der Waals surface area contributed by atoms with Crippen molar-refractivity contribution in [3.63, 3.8) is 0 Å². The van der Waals surface area contributed by atoms with Crippen LogP contribution in [-0.4, -0.2) is 50.9 Å². The lowest BCUT2D eigenvalue weighted by Gasteiger charge is -2.39. The molecule has 0 bridgehead atoms. The molecule has 1 N–H and O–H groups in total. The van der Waals surface area contributed by atoms with Crippen LogP contribution in [0.4, 0.5) is 11.4 Å². The van der Waals surface area contributed by atoms with Gasteiger partial charge in [0.1, 0.15) is 11.5 Å². The zero-order valence-electron chi connectivity index (χ0n) is 25.4. The number of carbonyl (C=O) groups excluding carboxylic acids is 3. The number of anilines is 2. The third-order valence-electron chi connectivity index (χ3n) is 9.44. The Morgan fingerprint density at radius 2 is 1.42 bits per heavy atom. The first-order chi connectivity index (χ1) is 21.9. The van der Waals surface area contributed by atoms with Crippen LogP contribution in [0.1, 0.15) is 38.8 Å². The number of methoxy groups -OCH3 is 3. The standard InChI is InChI=1S/C37H32N2O6/c1-21-18-30-37(25-15-9-10-16-26(25)38-36(37)42)31(33(40)23-19-28(43-2)35(45-4)29(20-23)44-3)32(34(41)22-12-6-5-7-13-22)39(30)27-17-11-8-14-24(21)27/h5-20,30-32H,1-4H3,(H,38,42)/t30-,31+,32+,37-/m1/s1. The molecule has 1 amide bonds. The quantitative estimate of drug-likeness (QED) is 0.262. The van der Waals surface area contributed by atoms with Crippen LogP contribution in [0.15, 0.2) is 97.1 Å². The molecule has 3 aliphatic heterocycles. The predicted octanol–water partition coefficient (Wildman–Crippen LogP) is 5.96. The Morgan fingerprint density at radius 1 is 0.778 bits per heavy atom. The van der Waals surface area contributed by atoms with E-state index in [4.69, 9.17) is 14.2 Å². The second-order valence-corrected chi connectivity index (χ2v) is 11.5. The lowest BCUT2D eigenvalue weighted by atomic mass is 9.64. The van der Waals surface area contributed by atoms with Crippen molar-refractivity contribution in [2.45, 2.75) is 24.4 Å². The average molecular weight is 601 g/mol. The Bertz CT molecular complexity index is 1880. The molecule has 0 radical (unpaired) electrons. The van der Waals surface area contributed by atoms with Gasteiger partial charge in [-0.25, -0.2) is 0 Å². The minimum absolute atomic E-state index is 0.241. The van der Waals surface area contributed by atoms with E-state index in [0.29, 0.717) is 34.1 Å². The zero-order chi connectivity index (χ0) is 31.5. The van der Waals surface area contributed by atoms with Crippen LogP contribution in [0.25, 0.3) is 5.57 Å². The number of benzene rings is 4. The largest absolute Gasteiger partial charge is 0.493 e. The summed E-state index contributed by atoms with van der Waals surface area (Å²) in [7, 11) is 4.46. The van der Waals surface area contributed by atoms with E-state index in [0.717, 1.165) is 16.8 Å². The molecular weight excluding hydrogens is 568 g/mol. The molecule has 8 nitrogen and oxygen atoms in total.